The lowest BCUT2D eigenvalue weighted by atomic mass is 9.78. The molecule has 1 aliphatic carbocycles. The first-order chi connectivity index (χ1) is 10.8. The normalized spacial score (nSPS) is 20.5. The van der Waals surface area contributed by atoms with E-state index in [1.165, 1.54) is 5.56 Å². The average Bonchev–Trinajstić information content (AvgIpc) is 2.98. The lowest BCUT2D eigenvalue weighted by Gasteiger charge is -2.23. The topological polar surface area (TPSA) is 26.3 Å². The van der Waals surface area contributed by atoms with Gasteiger partial charge in [0.1, 0.15) is 6.61 Å². The van der Waals surface area contributed by atoms with Crippen LogP contribution < -0.4 is 0 Å². The quantitative estimate of drug-likeness (QED) is 0.777. The van der Waals surface area contributed by atoms with Crippen LogP contribution in [0.15, 0.2) is 77.9 Å². The molecule has 22 heavy (non-hydrogen) atoms. The number of esters is 1. The zero-order valence-corrected chi connectivity index (χ0v) is 12.2. The molecule has 0 saturated heterocycles. The zero-order valence-electron chi connectivity index (χ0n) is 12.2. The van der Waals surface area contributed by atoms with Crippen LogP contribution in [0.3, 0.4) is 0 Å². The Balaban J connectivity index is 1.80. The van der Waals surface area contributed by atoms with Gasteiger partial charge in [-0.05, 0) is 23.1 Å². The van der Waals surface area contributed by atoms with Gasteiger partial charge in [-0.3, -0.25) is 0 Å². The third kappa shape index (κ3) is 2.08. The Morgan fingerprint density at radius 3 is 2.32 bits per heavy atom. The molecular weight excluding hydrogens is 272 g/mol. The van der Waals surface area contributed by atoms with Gasteiger partial charge >= 0.3 is 5.97 Å². The third-order valence-corrected chi connectivity index (χ3v) is 4.41. The fourth-order valence-electron chi connectivity index (χ4n) is 3.37. The molecule has 0 fully saturated rings. The molecule has 0 aromatic heterocycles. The number of ether oxygens (including phenoxy) is 1. The van der Waals surface area contributed by atoms with E-state index in [2.05, 4.69) is 30.3 Å². The Bertz CT molecular complexity index is 770. The molecule has 0 amide bonds. The van der Waals surface area contributed by atoms with Crippen molar-refractivity contribution < 1.29 is 9.53 Å². The number of hydrogen-bond acceptors (Lipinski definition) is 2. The molecule has 1 heterocycles. The number of cyclic esters (lactones) is 1. The van der Waals surface area contributed by atoms with E-state index in [1.54, 1.807) is 0 Å². The SMILES string of the molecule is O=C1OCC2=C1C(c1ccccc1)CC=C2c1ccccc1. The van der Waals surface area contributed by atoms with Crippen LogP contribution in [-0.4, -0.2) is 12.6 Å². The molecule has 2 aromatic rings. The average molecular weight is 288 g/mol. The van der Waals surface area contributed by atoms with Gasteiger partial charge in [-0.2, -0.15) is 0 Å². The molecule has 0 spiro atoms. The van der Waals surface area contributed by atoms with Gasteiger partial charge in [0.25, 0.3) is 0 Å². The van der Waals surface area contributed by atoms with Crippen molar-refractivity contribution in [1.82, 2.24) is 0 Å². The molecule has 4 rings (SSSR count). The molecule has 0 saturated carbocycles. The summed E-state index contributed by atoms with van der Waals surface area (Å²) in [7, 11) is 0. The predicted molar refractivity (Wildman–Crippen MR) is 86.2 cm³/mol. The molecule has 2 heteroatoms. The van der Waals surface area contributed by atoms with Gasteiger partial charge in [0.2, 0.25) is 0 Å². The first-order valence-corrected chi connectivity index (χ1v) is 7.55. The summed E-state index contributed by atoms with van der Waals surface area (Å²) in [6.07, 6.45) is 3.08. The van der Waals surface area contributed by atoms with Crippen LogP contribution in [0.25, 0.3) is 5.57 Å². The van der Waals surface area contributed by atoms with Gasteiger partial charge in [-0.25, -0.2) is 4.79 Å². The summed E-state index contributed by atoms with van der Waals surface area (Å²) in [6.45, 7) is 0.387. The number of benzene rings is 2. The monoisotopic (exact) mass is 288 g/mol. The minimum absolute atomic E-state index is 0.110. The van der Waals surface area contributed by atoms with E-state index in [9.17, 15) is 4.79 Å². The van der Waals surface area contributed by atoms with Crippen molar-refractivity contribution in [3.8, 4) is 0 Å². The minimum Gasteiger partial charge on any atom is -0.457 e. The standard InChI is InChI=1S/C20H16O2/c21-20-19-17(15-9-5-2-6-10-15)12-11-16(18(19)13-22-20)14-7-3-1-4-8-14/h1-11,17H,12-13H2. The van der Waals surface area contributed by atoms with E-state index in [1.807, 2.05) is 36.4 Å². The lowest BCUT2D eigenvalue weighted by molar-refractivity contribution is -0.136. The van der Waals surface area contributed by atoms with E-state index in [0.717, 1.165) is 28.7 Å². The van der Waals surface area contributed by atoms with Crippen molar-refractivity contribution in [2.75, 3.05) is 6.61 Å². The second kappa shape index (κ2) is 5.30. The van der Waals surface area contributed by atoms with Crippen molar-refractivity contribution >= 4 is 11.5 Å². The van der Waals surface area contributed by atoms with Crippen molar-refractivity contribution in [2.45, 2.75) is 12.3 Å². The Kier molecular flexibility index (Phi) is 3.15. The Morgan fingerprint density at radius 1 is 0.909 bits per heavy atom. The maximum absolute atomic E-state index is 12.3. The smallest absolute Gasteiger partial charge is 0.335 e. The van der Waals surface area contributed by atoms with Gasteiger partial charge in [-0.15, -0.1) is 0 Å². The van der Waals surface area contributed by atoms with Crippen molar-refractivity contribution in [3.63, 3.8) is 0 Å². The summed E-state index contributed by atoms with van der Waals surface area (Å²) >= 11 is 0. The number of hydrogen-bond donors (Lipinski definition) is 0. The van der Waals surface area contributed by atoms with Crippen molar-refractivity contribution in [3.05, 3.63) is 89.0 Å². The number of allylic oxidation sites excluding steroid dienone is 1. The molecule has 2 aromatic carbocycles. The highest BCUT2D eigenvalue weighted by Gasteiger charge is 2.36. The Hall–Kier alpha value is -2.61. The number of carbonyl (C=O) groups excluding carboxylic acids is 1. The molecule has 1 unspecified atom stereocenters. The number of carbonyl (C=O) groups is 1. The molecule has 108 valence electrons. The summed E-state index contributed by atoms with van der Waals surface area (Å²) in [4.78, 5) is 12.3. The largest absolute Gasteiger partial charge is 0.457 e. The lowest BCUT2D eigenvalue weighted by Crippen LogP contribution is -2.13. The summed E-state index contributed by atoms with van der Waals surface area (Å²) in [6, 6.07) is 20.4. The Labute approximate surface area is 129 Å². The van der Waals surface area contributed by atoms with Gasteiger partial charge in [0.05, 0.1) is 5.57 Å². The van der Waals surface area contributed by atoms with Crippen LogP contribution in [-0.2, 0) is 9.53 Å². The second-order valence-electron chi connectivity index (χ2n) is 5.65. The second-order valence-corrected chi connectivity index (χ2v) is 5.65. The van der Waals surface area contributed by atoms with Gasteiger partial charge in [0, 0.05) is 11.5 Å². The Morgan fingerprint density at radius 2 is 1.59 bits per heavy atom. The van der Waals surface area contributed by atoms with Crippen LogP contribution in [0.1, 0.15) is 23.5 Å². The van der Waals surface area contributed by atoms with E-state index in [0.29, 0.717) is 6.61 Å². The van der Waals surface area contributed by atoms with Gasteiger partial charge in [-0.1, -0.05) is 66.7 Å². The predicted octanol–water partition coefficient (Wildman–Crippen LogP) is 4.11. The molecule has 1 atom stereocenters. The molecule has 0 N–H and O–H groups in total. The molecule has 0 bridgehead atoms. The molecule has 2 nitrogen and oxygen atoms in total. The van der Waals surface area contributed by atoms with Crippen LogP contribution in [0, 0.1) is 0 Å². The van der Waals surface area contributed by atoms with E-state index in [4.69, 9.17) is 4.74 Å². The van der Waals surface area contributed by atoms with Crippen LogP contribution in [0.5, 0.6) is 0 Å². The highest BCUT2D eigenvalue weighted by Crippen LogP contribution is 2.43. The molecule has 1 aliphatic heterocycles. The van der Waals surface area contributed by atoms with Crippen molar-refractivity contribution in [2.24, 2.45) is 0 Å². The fourth-order valence-corrected chi connectivity index (χ4v) is 3.37. The zero-order chi connectivity index (χ0) is 14.9. The van der Waals surface area contributed by atoms with E-state index < -0.39 is 0 Å². The third-order valence-electron chi connectivity index (χ3n) is 4.41. The number of rotatable bonds is 2. The minimum atomic E-state index is -0.162. The van der Waals surface area contributed by atoms with Crippen LogP contribution in [0.2, 0.25) is 0 Å². The maximum Gasteiger partial charge on any atom is 0.335 e. The first kappa shape index (κ1) is 13.1. The summed E-state index contributed by atoms with van der Waals surface area (Å²) < 4.78 is 5.35. The highest BCUT2D eigenvalue weighted by molar-refractivity contribution is 6.01. The van der Waals surface area contributed by atoms with Crippen LogP contribution in [0.4, 0.5) is 0 Å². The molecular formula is C20H16O2. The van der Waals surface area contributed by atoms with Gasteiger partial charge in [0.15, 0.2) is 0 Å². The fraction of sp³-hybridized carbons (Fsp3) is 0.150. The molecule has 2 aliphatic rings. The van der Waals surface area contributed by atoms with E-state index in [-0.39, 0.29) is 11.9 Å². The van der Waals surface area contributed by atoms with Gasteiger partial charge < -0.3 is 4.74 Å². The summed E-state index contributed by atoms with van der Waals surface area (Å²) in [5.74, 6) is -0.0518. The van der Waals surface area contributed by atoms with Crippen LogP contribution >= 0.6 is 0 Å². The molecule has 0 radical (unpaired) electrons. The van der Waals surface area contributed by atoms with Crippen molar-refractivity contribution in [1.29, 1.82) is 0 Å². The maximum atomic E-state index is 12.3. The van der Waals surface area contributed by atoms with E-state index >= 15 is 0 Å². The summed E-state index contributed by atoms with van der Waals surface area (Å²) in [5.41, 5.74) is 5.37. The summed E-state index contributed by atoms with van der Waals surface area (Å²) in [5, 5.41) is 0. The first-order valence-electron chi connectivity index (χ1n) is 7.55. The highest BCUT2D eigenvalue weighted by atomic mass is 16.5.